The number of hydrogen-bond donors (Lipinski definition) is 0. The first-order valence-corrected chi connectivity index (χ1v) is 8.39. The van der Waals surface area contributed by atoms with Gasteiger partial charge in [-0.2, -0.15) is 0 Å². The molecular weight excluding hydrogens is 290 g/mol. The zero-order chi connectivity index (χ0) is 16.2. The SMILES string of the molecule is Cc1cccc2c(=O)n(CCC(=O)N3CCCCCC3)cnc12. The summed E-state index contributed by atoms with van der Waals surface area (Å²) in [6, 6.07) is 5.61. The number of nitrogens with zero attached hydrogens (tertiary/aromatic N) is 3. The minimum absolute atomic E-state index is 0.0673. The summed E-state index contributed by atoms with van der Waals surface area (Å²) < 4.78 is 1.55. The van der Waals surface area contributed by atoms with Crippen molar-refractivity contribution in [3.63, 3.8) is 0 Å². The molecule has 1 aromatic carbocycles. The molecule has 1 aliphatic heterocycles. The number of rotatable bonds is 3. The van der Waals surface area contributed by atoms with Gasteiger partial charge in [0.25, 0.3) is 5.56 Å². The van der Waals surface area contributed by atoms with Crippen LogP contribution < -0.4 is 5.56 Å². The molecule has 1 amide bonds. The molecule has 1 aliphatic rings. The molecule has 1 aromatic heterocycles. The second-order valence-corrected chi connectivity index (χ2v) is 6.26. The Kier molecular flexibility index (Phi) is 4.74. The molecular formula is C18H23N3O2. The van der Waals surface area contributed by atoms with Gasteiger partial charge < -0.3 is 4.90 Å². The van der Waals surface area contributed by atoms with E-state index in [1.54, 1.807) is 17.0 Å². The maximum absolute atomic E-state index is 12.5. The van der Waals surface area contributed by atoms with E-state index in [1.807, 2.05) is 24.0 Å². The van der Waals surface area contributed by atoms with E-state index >= 15 is 0 Å². The molecule has 1 fully saturated rings. The molecule has 0 radical (unpaired) electrons. The van der Waals surface area contributed by atoms with Gasteiger partial charge in [-0.25, -0.2) is 4.98 Å². The molecule has 0 aliphatic carbocycles. The van der Waals surface area contributed by atoms with Crippen LogP contribution >= 0.6 is 0 Å². The van der Waals surface area contributed by atoms with E-state index in [9.17, 15) is 9.59 Å². The van der Waals surface area contributed by atoms with Gasteiger partial charge in [0.2, 0.25) is 5.91 Å². The fourth-order valence-corrected chi connectivity index (χ4v) is 3.19. The van der Waals surface area contributed by atoms with E-state index in [1.165, 1.54) is 12.8 Å². The van der Waals surface area contributed by atoms with E-state index in [-0.39, 0.29) is 11.5 Å². The highest BCUT2D eigenvalue weighted by Gasteiger charge is 2.15. The van der Waals surface area contributed by atoms with Gasteiger partial charge >= 0.3 is 0 Å². The standard InChI is InChI=1S/C18H23N3O2/c1-14-7-6-8-15-17(14)19-13-21(18(15)23)12-9-16(22)20-10-4-2-3-5-11-20/h6-8,13H,2-5,9-12H2,1H3. The normalized spacial score (nSPS) is 15.6. The zero-order valence-electron chi connectivity index (χ0n) is 13.6. The number of para-hydroxylation sites is 1. The second-order valence-electron chi connectivity index (χ2n) is 6.26. The summed E-state index contributed by atoms with van der Waals surface area (Å²) in [4.78, 5) is 31.2. The molecule has 5 nitrogen and oxygen atoms in total. The van der Waals surface area contributed by atoms with Crippen LogP contribution in [0.25, 0.3) is 10.9 Å². The lowest BCUT2D eigenvalue weighted by atomic mass is 10.1. The van der Waals surface area contributed by atoms with Gasteiger partial charge in [0.05, 0.1) is 17.2 Å². The highest BCUT2D eigenvalue weighted by Crippen LogP contribution is 2.12. The predicted molar refractivity (Wildman–Crippen MR) is 90.4 cm³/mol. The van der Waals surface area contributed by atoms with Gasteiger partial charge in [0.1, 0.15) is 0 Å². The number of benzene rings is 1. The van der Waals surface area contributed by atoms with E-state index in [2.05, 4.69) is 4.98 Å². The van der Waals surface area contributed by atoms with Crippen molar-refractivity contribution >= 4 is 16.8 Å². The summed E-state index contributed by atoms with van der Waals surface area (Å²) in [6.45, 7) is 4.04. The molecule has 23 heavy (non-hydrogen) atoms. The van der Waals surface area contributed by atoms with E-state index < -0.39 is 0 Å². The number of amides is 1. The largest absolute Gasteiger partial charge is 0.343 e. The number of hydrogen-bond acceptors (Lipinski definition) is 3. The van der Waals surface area contributed by atoms with Crippen LogP contribution in [-0.2, 0) is 11.3 Å². The monoisotopic (exact) mass is 313 g/mol. The first kappa shape index (κ1) is 15.7. The molecule has 2 aromatic rings. The summed E-state index contributed by atoms with van der Waals surface area (Å²) in [5, 5.41) is 0.620. The number of carbonyl (C=O) groups is 1. The number of likely N-dealkylation sites (tertiary alicyclic amines) is 1. The third-order valence-corrected chi connectivity index (χ3v) is 4.58. The lowest BCUT2D eigenvalue weighted by Gasteiger charge is -2.20. The molecule has 0 saturated carbocycles. The number of fused-ring (bicyclic) bond motifs is 1. The Labute approximate surface area is 135 Å². The van der Waals surface area contributed by atoms with Gasteiger partial charge in [-0.05, 0) is 31.4 Å². The van der Waals surface area contributed by atoms with Gasteiger partial charge in [-0.3, -0.25) is 14.2 Å². The molecule has 0 spiro atoms. The number of aryl methyl sites for hydroxylation is 2. The van der Waals surface area contributed by atoms with Gasteiger partial charge in [0.15, 0.2) is 0 Å². The van der Waals surface area contributed by atoms with Crippen molar-refractivity contribution in [3.05, 3.63) is 40.4 Å². The van der Waals surface area contributed by atoms with Crippen molar-refractivity contribution in [1.29, 1.82) is 0 Å². The average molecular weight is 313 g/mol. The zero-order valence-corrected chi connectivity index (χ0v) is 13.6. The number of aromatic nitrogens is 2. The van der Waals surface area contributed by atoms with Gasteiger partial charge in [-0.15, -0.1) is 0 Å². The lowest BCUT2D eigenvalue weighted by molar-refractivity contribution is -0.131. The fourth-order valence-electron chi connectivity index (χ4n) is 3.19. The summed E-state index contributed by atoms with van der Waals surface area (Å²) in [5.41, 5.74) is 1.67. The van der Waals surface area contributed by atoms with Crippen LogP contribution in [0.15, 0.2) is 29.3 Å². The molecule has 3 rings (SSSR count). The van der Waals surface area contributed by atoms with Gasteiger partial charge in [-0.1, -0.05) is 25.0 Å². The van der Waals surface area contributed by atoms with E-state index in [0.29, 0.717) is 18.4 Å². The van der Waals surface area contributed by atoms with Crippen molar-refractivity contribution < 1.29 is 4.79 Å². The Morgan fingerprint density at radius 1 is 1.17 bits per heavy atom. The Hall–Kier alpha value is -2.17. The molecule has 122 valence electrons. The highest BCUT2D eigenvalue weighted by atomic mass is 16.2. The Balaban J connectivity index is 1.73. The van der Waals surface area contributed by atoms with Crippen LogP contribution in [0.4, 0.5) is 0 Å². The van der Waals surface area contributed by atoms with Crippen molar-refractivity contribution in [3.8, 4) is 0 Å². The van der Waals surface area contributed by atoms with Crippen molar-refractivity contribution in [2.45, 2.75) is 45.6 Å². The predicted octanol–water partition coefficient (Wildman–Crippen LogP) is 2.50. The van der Waals surface area contributed by atoms with E-state index in [0.717, 1.165) is 37.0 Å². The summed E-state index contributed by atoms with van der Waals surface area (Å²) >= 11 is 0. The molecule has 2 heterocycles. The lowest BCUT2D eigenvalue weighted by Crippen LogP contribution is -2.33. The summed E-state index contributed by atoms with van der Waals surface area (Å²) in [7, 11) is 0. The van der Waals surface area contributed by atoms with Gasteiger partial charge in [0, 0.05) is 26.1 Å². The maximum Gasteiger partial charge on any atom is 0.261 e. The maximum atomic E-state index is 12.5. The van der Waals surface area contributed by atoms with E-state index in [4.69, 9.17) is 0 Å². The molecule has 0 bridgehead atoms. The molecule has 0 unspecified atom stereocenters. The minimum Gasteiger partial charge on any atom is -0.343 e. The van der Waals surface area contributed by atoms with Crippen LogP contribution in [0, 0.1) is 6.92 Å². The third-order valence-electron chi connectivity index (χ3n) is 4.58. The van der Waals surface area contributed by atoms with Crippen LogP contribution in [0.3, 0.4) is 0 Å². The Bertz CT molecular complexity index is 758. The molecule has 0 N–H and O–H groups in total. The molecule has 0 atom stereocenters. The van der Waals surface area contributed by atoms with Crippen LogP contribution in [0.2, 0.25) is 0 Å². The first-order chi connectivity index (χ1) is 11.2. The van der Waals surface area contributed by atoms with Crippen molar-refractivity contribution in [2.24, 2.45) is 0 Å². The fraction of sp³-hybridized carbons (Fsp3) is 0.500. The van der Waals surface area contributed by atoms with Crippen molar-refractivity contribution in [2.75, 3.05) is 13.1 Å². The third kappa shape index (κ3) is 3.44. The Morgan fingerprint density at radius 2 is 1.91 bits per heavy atom. The topological polar surface area (TPSA) is 55.2 Å². The van der Waals surface area contributed by atoms with Crippen molar-refractivity contribution in [1.82, 2.24) is 14.5 Å². The minimum atomic E-state index is -0.0673. The highest BCUT2D eigenvalue weighted by molar-refractivity contribution is 5.80. The molecule has 1 saturated heterocycles. The quantitative estimate of drug-likeness (QED) is 0.875. The Morgan fingerprint density at radius 3 is 2.65 bits per heavy atom. The average Bonchev–Trinajstić information content (AvgIpc) is 2.84. The summed E-state index contributed by atoms with van der Waals surface area (Å²) in [5.74, 6) is 0.142. The number of carbonyl (C=O) groups excluding carboxylic acids is 1. The smallest absolute Gasteiger partial charge is 0.261 e. The first-order valence-electron chi connectivity index (χ1n) is 8.39. The summed E-state index contributed by atoms with van der Waals surface area (Å²) in [6.07, 6.45) is 6.51. The van der Waals surface area contributed by atoms with Crippen LogP contribution in [0.1, 0.15) is 37.7 Å². The van der Waals surface area contributed by atoms with Crippen LogP contribution in [-0.4, -0.2) is 33.4 Å². The second kappa shape index (κ2) is 6.94. The van der Waals surface area contributed by atoms with Crippen LogP contribution in [0.5, 0.6) is 0 Å². The molecule has 5 heteroatoms.